The fraction of sp³-hybridized carbons (Fsp3) is 0.385. The molecule has 0 saturated carbocycles. The standard InChI is InChI=1S/C13H16N6O2/c1-7-5-9(18(3)17-7)11-10(12(20)21-4)8(2)16-13-14-6-15-19(11)13/h5-6,11H,1-4H3,(H,14,15,16)/t11-/m1/s1. The lowest BCUT2D eigenvalue weighted by molar-refractivity contribution is -0.136. The van der Waals surface area contributed by atoms with E-state index in [1.807, 2.05) is 27.0 Å². The zero-order valence-electron chi connectivity index (χ0n) is 12.3. The van der Waals surface area contributed by atoms with Crippen LogP contribution < -0.4 is 5.32 Å². The molecule has 1 N–H and O–H groups in total. The first-order chi connectivity index (χ1) is 10.0. The number of nitrogens with zero attached hydrogens (tertiary/aromatic N) is 5. The maximum Gasteiger partial charge on any atom is 0.338 e. The summed E-state index contributed by atoms with van der Waals surface area (Å²) in [5.74, 6) is 0.189. The van der Waals surface area contributed by atoms with Gasteiger partial charge in [-0.15, -0.1) is 0 Å². The van der Waals surface area contributed by atoms with Gasteiger partial charge in [0.15, 0.2) is 0 Å². The van der Waals surface area contributed by atoms with Gasteiger partial charge in [-0.05, 0) is 19.9 Å². The Bertz CT molecular complexity index is 742. The van der Waals surface area contributed by atoms with Crippen LogP contribution in [-0.2, 0) is 16.6 Å². The second-order valence-electron chi connectivity index (χ2n) is 4.92. The molecule has 0 saturated heterocycles. The van der Waals surface area contributed by atoms with Crippen LogP contribution in [0.5, 0.6) is 0 Å². The highest BCUT2D eigenvalue weighted by atomic mass is 16.5. The number of fused-ring (bicyclic) bond motifs is 1. The van der Waals surface area contributed by atoms with E-state index in [0.29, 0.717) is 17.2 Å². The Morgan fingerprint density at radius 1 is 1.43 bits per heavy atom. The minimum atomic E-state index is -0.414. The maximum absolute atomic E-state index is 12.2. The number of methoxy groups -OCH3 is 1. The first kappa shape index (κ1) is 13.3. The van der Waals surface area contributed by atoms with Crippen molar-refractivity contribution < 1.29 is 9.53 Å². The number of esters is 1. The van der Waals surface area contributed by atoms with Crippen LogP contribution in [0.2, 0.25) is 0 Å². The molecule has 3 heterocycles. The number of hydrogen-bond acceptors (Lipinski definition) is 6. The molecule has 1 aliphatic heterocycles. The summed E-state index contributed by atoms with van der Waals surface area (Å²) in [6.07, 6.45) is 1.45. The van der Waals surface area contributed by atoms with Gasteiger partial charge >= 0.3 is 5.97 Å². The summed E-state index contributed by atoms with van der Waals surface area (Å²) >= 11 is 0. The summed E-state index contributed by atoms with van der Waals surface area (Å²) in [7, 11) is 3.20. The summed E-state index contributed by atoms with van der Waals surface area (Å²) in [5, 5.41) is 11.6. The second-order valence-corrected chi connectivity index (χ2v) is 4.92. The third-order valence-corrected chi connectivity index (χ3v) is 3.52. The van der Waals surface area contributed by atoms with Gasteiger partial charge in [0.25, 0.3) is 0 Å². The van der Waals surface area contributed by atoms with Gasteiger partial charge < -0.3 is 10.1 Å². The van der Waals surface area contributed by atoms with Gasteiger partial charge in [-0.1, -0.05) is 0 Å². The van der Waals surface area contributed by atoms with E-state index in [0.717, 1.165) is 11.4 Å². The smallest absolute Gasteiger partial charge is 0.338 e. The summed E-state index contributed by atoms with van der Waals surface area (Å²) in [5.41, 5.74) is 2.92. The molecular weight excluding hydrogens is 272 g/mol. The van der Waals surface area contributed by atoms with E-state index in [2.05, 4.69) is 20.5 Å². The predicted octanol–water partition coefficient (Wildman–Crippen LogP) is 0.782. The summed E-state index contributed by atoms with van der Waals surface area (Å²) in [6, 6.07) is 1.51. The topological polar surface area (TPSA) is 86.9 Å². The first-order valence-corrected chi connectivity index (χ1v) is 6.49. The van der Waals surface area contributed by atoms with Gasteiger partial charge in [0, 0.05) is 12.7 Å². The van der Waals surface area contributed by atoms with Crippen LogP contribution in [0, 0.1) is 6.92 Å². The lowest BCUT2D eigenvalue weighted by Gasteiger charge is -2.27. The Morgan fingerprint density at radius 2 is 2.19 bits per heavy atom. The predicted molar refractivity (Wildman–Crippen MR) is 74.4 cm³/mol. The molecule has 0 aliphatic carbocycles. The molecule has 0 aromatic carbocycles. The quantitative estimate of drug-likeness (QED) is 0.822. The number of carbonyl (C=O) groups is 1. The number of aromatic nitrogens is 5. The van der Waals surface area contributed by atoms with Crippen LogP contribution in [0.1, 0.15) is 24.4 Å². The van der Waals surface area contributed by atoms with Crippen molar-refractivity contribution in [3.63, 3.8) is 0 Å². The number of aryl methyl sites for hydroxylation is 2. The number of rotatable bonds is 2. The fourth-order valence-electron chi connectivity index (χ4n) is 2.63. The largest absolute Gasteiger partial charge is 0.466 e. The molecule has 0 amide bonds. The monoisotopic (exact) mass is 288 g/mol. The van der Waals surface area contributed by atoms with E-state index in [1.54, 1.807) is 9.36 Å². The molecule has 1 atom stereocenters. The zero-order valence-corrected chi connectivity index (χ0v) is 12.3. The van der Waals surface area contributed by atoms with Crippen LogP contribution >= 0.6 is 0 Å². The van der Waals surface area contributed by atoms with Crippen molar-refractivity contribution >= 4 is 11.9 Å². The highest BCUT2D eigenvalue weighted by Gasteiger charge is 2.35. The molecule has 3 rings (SSSR count). The van der Waals surface area contributed by atoms with Crippen molar-refractivity contribution in [2.24, 2.45) is 7.05 Å². The number of nitrogens with one attached hydrogen (secondary N) is 1. The normalized spacial score (nSPS) is 17.4. The number of carbonyl (C=O) groups excluding carboxylic acids is 1. The molecule has 8 nitrogen and oxygen atoms in total. The maximum atomic E-state index is 12.2. The summed E-state index contributed by atoms with van der Waals surface area (Å²) < 4.78 is 8.33. The van der Waals surface area contributed by atoms with Crippen LogP contribution in [0.15, 0.2) is 23.7 Å². The highest BCUT2D eigenvalue weighted by molar-refractivity contribution is 5.92. The molecule has 110 valence electrons. The number of allylic oxidation sites excluding steroid dienone is 1. The lowest BCUT2D eigenvalue weighted by Crippen LogP contribution is -2.30. The van der Waals surface area contributed by atoms with Gasteiger partial charge in [0.2, 0.25) is 5.95 Å². The van der Waals surface area contributed by atoms with Gasteiger partial charge in [-0.3, -0.25) is 4.68 Å². The minimum Gasteiger partial charge on any atom is -0.466 e. The van der Waals surface area contributed by atoms with Crippen molar-refractivity contribution in [3.05, 3.63) is 35.1 Å². The molecule has 2 aromatic rings. The average Bonchev–Trinajstić information content (AvgIpc) is 3.02. The Kier molecular flexibility index (Phi) is 3.00. The number of hydrogen-bond donors (Lipinski definition) is 1. The Hall–Kier alpha value is -2.64. The minimum absolute atomic E-state index is 0.398. The van der Waals surface area contributed by atoms with E-state index in [4.69, 9.17) is 4.74 Å². The van der Waals surface area contributed by atoms with Crippen molar-refractivity contribution in [1.82, 2.24) is 24.5 Å². The van der Waals surface area contributed by atoms with Crippen molar-refractivity contribution in [2.75, 3.05) is 12.4 Å². The Labute approximate surface area is 121 Å². The highest BCUT2D eigenvalue weighted by Crippen LogP contribution is 2.34. The molecule has 0 radical (unpaired) electrons. The van der Waals surface area contributed by atoms with Gasteiger partial charge in [0.05, 0.1) is 24.1 Å². The Morgan fingerprint density at radius 3 is 2.81 bits per heavy atom. The molecule has 0 spiro atoms. The third kappa shape index (κ3) is 1.99. The van der Waals surface area contributed by atoms with Gasteiger partial charge in [0.1, 0.15) is 12.4 Å². The molecule has 2 aromatic heterocycles. The molecule has 0 fully saturated rings. The molecule has 8 heteroatoms. The third-order valence-electron chi connectivity index (χ3n) is 3.52. The lowest BCUT2D eigenvalue weighted by atomic mass is 10.00. The van der Waals surface area contributed by atoms with Crippen molar-refractivity contribution in [1.29, 1.82) is 0 Å². The molecule has 0 bridgehead atoms. The van der Waals surface area contributed by atoms with E-state index >= 15 is 0 Å². The number of anilines is 1. The molecule has 21 heavy (non-hydrogen) atoms. The van der Waals surface area contributed by atoms with E-state index in [9.17, 15) is 4.79 Å². The van der Waals surface area contributed by atoms with Gasteiger partial charge in [-0.25, -0.2) is 9.48 Å². The number of ether oxygens (including phenoxy) is 1. The average molecular weight is 288 g/mol. The first-order valence-electron chi connectivity index (χ1n) is 6.49. The van der Waals surface area contributed by atoms with Crippen LogP contribution in [0.3, 0.4) is 0 Å². The van der Waals surface area contributed by atoms with Crippen LogP contribution in [0.25, 0.3) is 0 Å². The molecule has 1 aliphatic rings. The van der Waals surface area contributed by atoms with Crippen molar-refractivity contribution in [3.8, 4) is 0 Å². The van der Waals surface area contributed by atoms with E-state index < -0.39 is 12.0 Å². The summed E-state index contributed by atoms with van der Waals surface area (Å²) in [4.78, 5) is 16.4. The molecule has 0 unspecified atom stereocenters. The molecular formula is C13H16N6O2. The van der Waals surface area contributed by atoms with Crippen LogP contribution in [0.4, 0.5) is 5.95 Å². The Balaban J connectivity index is 2.22. The van der Waals surface area contributed by atoms with E-state index in [1.165, 1.54) is 13.4 Å². The summed E-state index contributed by atoms with van der Waals surface area (Å²) in [6.45, 7) is 3.72. The fourth-order valence-corrected chi connectivity index (χ4v) is 2.63. The van der Waals surface area contributed by atoms with Crippen LogP contribution in [-0.4, -0.2) is 37.6 Å². The van der Waals surface area contributed by atoms with Gasteiger partial charge in [-0.2, -0.15) is 15.2 Å². The zero-order chi connectivity index (χ0) is 15.1. The second kappa shape index (κ2) is 4.72. The van der Waals surface area contributed by atoms with Crippen molar-refractivity contribution in [2.45, 2.75) is 19.9 Å². The SMILES string of the molecule is COC(=O)C1=C(C)Nc2ncnn2[C@@H]1c1cc(C)nn1C. The van der Waals surface area contributed by atoms with E-state index in [-0.39, 0.29) is 0 Å².